The van der Waals surface area contributed by atoms with Crippen LogP contribution in [0.15, 0.2) is 12.7 Å². The van der Waals surface area contributed by atoms with Gasteiger partial charge in [-0.15, -0.1) is 0 Å². The quantitative estimate of drug-likeness (QED) is 0.387. The van der Waals surface area contributed by atoms with E-state index in [1.54, 1.807) is 6.92 Å². The molecule has 0 aromatic rings. The molecule has 2 atom stereocenters. The first-order valence-electron chi connectivity index (χ1n) is 3.84. The van der Waals surface area contributed by atoms with E-state index in [4.69, 9.17) is 0 Å². The Labute approximate surface area is 68.1 Å². The topological polar surface area (TPSA) is 43.3 Å². The summed E-state index contributed by atoms with van der Waals surface area (Å²) in [5.74, 6) is 0.194. The van der Waals surface area contributed by atoms with Gasteiger partial charge in [0, 0.05) is 5.92 Å². The Morgan fingerprint density at radius 1 is 1.55 bits per heavy atom. The first-order valence-corrected chi connectivity index (χ1v) is 3.84. The largest absolute Gasteiger partial charge is 0.598 e. The van der Waals surface area contributed by atoms with E-state index in [1.165, 1.54) is 6.08 Å². The lowest BCUT2D eigenvalue weighted by atomic mass is 10.2. The summed E-state index contributed by atoms with van der Waals surface area (Å²) in [5, 5.41) is 20.5. The lowest BCUT2D eigenvalue weighted by molar-refractivity contribution is -1.08. The van der Waals surface area contributed by atoms with Crippen LogP contribution < -0.4 is 0 Å². The van der Waals surface area contributed by atoms with Gasteiger partial charge in [0.25, 0.3) is 0 Å². The van der Waals surface area contributed by atoms with Crippen molar-refractivity contribution in [3.05, 3.63) is 17.9 Å². The molecule has 3 nitrogen and oxygen atoms in total. The Hall–Kier alpha value is -0.380. The third-order valence-electron chi connectivity index (χ3n) is 1.60. The highest BCUT2D eigenvalue weighted by atomic mass is 16.8. The van der Waals surface area contributed by atoms with E-state index in [0.717, 1.165) is 0 Å². The van der Waals surface area contributed by atoms with E-state index in [2.05, 4.69) is 6.58 Å². The van der Waals surface area contributed by atoms with E-state index in [0.29, 0.717) is 0 Å². The second-order valence-corrected chi connectivity index (χ2v) is 3.31. The highest BCUT2D eigenvalue weighted by molar-refractivity contribution is 4.75. The lowest BCUT2D eigenvalue weighted by Gasteiger charge is -2.38. The second kappa shape index (κ2) is 3.85. The Morgan fingerprint density at radius 3 is 2.27 bits per heavy atom. The van der Waals surface area contributed by atoms with E-state index in [1.807, 2.05) is 13.8 Å². The van der Waals surface area contributed by atoms with E-state index in [-0.39, 0.29) is 12.5 Å². The van der Waals surface area contributed by atoms with E-state index >= 15 is 0 Å². The van der Waals surface area contributed by atoms with E-state index < -0.39 is 10.9 Å². The van der Waals surface area contributed by atoms with Crippen molar-refractivity contribution in [1.29, 1.82) is 0 Å². The molecule has 0 bridgehead atoms. The number of quaternary nitrogens is 1. The fourth-order valence-electron chi connectivity index (χ4n) is 0.854. The zero-order valence-corrected chi connectivity index (χ0v) is 7.45. The minimum absolute atomic E-state index is 0.194. The van der Waals surface area contributed by atoms with Crippen molar-refractivity contribution < 1.29 is 10.0 Å². The maximum atomic E-state index is 11.3. The molecule has 0 aliphatic rings. The summed E-state index contributed by atoms with van der Waals surface area (Å²) < 4.78 is 0. The molecule has 0 aliphatic carbocycles. The molecule has 66 valence electrons. The molecule has 0 saturated carbocycles. The fourth-order valence-corrected chi connectivity index (χ4v) is 0.854. The SMILES string of the molecule is C=CC(C)[N+]([O-])(O)CC(C)C. The minimum Gasteiger partial charge on any atom is -0.598 e. The van der Waals surface area contributed by atoms with Gasteiger partial charge < -0.3 is 5.21 Å². The molecule has 0 aromatic heterocycles. The Kier molecular flexibility index (Phi) is 3.72. The number of hydrogen-bond acceptors (Lipinski definition) is 2. The first-order chi connectivity index (χ1) is 4.90. The van der Waals surface area contributed by atoms with Gasteiger partial charge in [-0.2, -0.15) is 0 Å². The van der Waals surface area contributed by atoms with Crippen LogP contribution in [0.1, 0.15) is 20.8 Å². The zero-order chi connectivity index (χ0) is 9.07. The van der Waals surface area contributed by atoms with Crippen LogP contribution in [-0.2, 0) is 0 Å². The molecule has 0 saturated heterocycles. The number of rotatable bonds is 4. The molecule has 0 heterocycles. The van der Waals surface area contributed by atoms with Gasteiger partial charge in [-0.05, 0) is 13.0 Å². The second-order valence-electron chi connectivity index (χ2n) is 3.31. The third-order valence-corrected chi connectivity index (χ3v) is 1.60. The van der Waals surface area contributed by atoms with Crippen LogP contribution in [-0.4, -0.2) is 22.6 Å². The van der Waals surface area contributed by atoms with Crippen LogP contribution in [0.4, 0.5) is 0 Å². The van der Waals surface area contributed by atoms with Crippen LogP contribution in [0.5, 0.6) is 0 Å². The van der Waals surface area contributed by atoms with Gasteiger partial charge in [0.1, 0.15) is 12.6 Å². The Bertz CT molecular complexity index is 132. The summed E-state index contributed by atoms with van der Waals surface area (Å²) in [6.45, 7) is 9.13. The van der Waals surface area contributed by atoms with Crippen molar-refractivity contribution in [2.75, 3.05) is 6.54 Å². The first kappa shape index (κ1) is 10.6. The summed E-state index contributed by atoms with van der Waals surface area (Å²) in [5.41, 5.74) is 0. The van der Waals surface area contributed by atoms with Gasteiger partial charge in [0.15, 0.2) is 0 Å². The van der Waals surface area contributed by atoms with Gasteiger partial charge in [-0.1, -0.05) is 20.4 Å². The van der Waals surface area contributed by atoms with Crippen LogP contribution >= 0.6 is 0 Å². The molecule has 1 N–H and O–H groups in total. The molecular weight excluding hydrogens is 142 g/mol. The Morgan fingerprint density at radius 2 is 2.00 bits per heavy atom. The maximum Gasteiger partial charge on any atom is 0.134 e. The molecule has 0 rings (SSSR count). The smallest absolute Gasteiger partial charge is 0.134 e. The molecule has 11 heavy (non-hydrogen) atoms. The maximum absolute atomic E-state index is 11.3. The summed E-state index contributed by atoms with van der Waals surface area (Å²) in [7, 11) is 0. The van der Waals surface area contributed by atoms with Crippen molar-refractivity contribution in [1.82, 2.24) is 0 Å². The fraction of sp³-hybridized carbons (Fsp3) is 0.750. The van der Waals surface area contributed by atoms with Crippen LogP contribution in [0.2, 0.25) is 0 Å². The summed E-state index contributed by atoms with van der Waals surface area (Å²) in [4.78, 5) is -1.21. The number of hydroxylamine groups is 4. The van der Waals surface area contributed by atoms with Crippen LogP contribution in [0.3, 0.4) is 0 Å². The monoisotopic (exact) mass is 159 g/mol. The van der Waals surface area contributed by atoms with E-state index in [9.17, 15) is 10.4 Å². The van der Waals surface area contributed by atoms with Gasteiger partial charge in [-0.3, -0.25) is 0 Å². The van der Waals surface area contributed by atoms with Crippen molar-refractivity contribution in [3.63, 3.8) is 0 Å². The molecule has 3 heteroatoms. The minimum atomic E-state index is -1.21. The average Bonchev–Trinajstić information content (AvgIpc) is 1.83. The molecule has 0 amide bonds. The van der Waals surface area contributed by atoms with Crippen LogP contribution in [0, 0.1) is 11.1 Å². The van der Waals surface area contributed by atoms with Crippen LogP contribution in [0.25, 0.3) is 0 Å². The highest BCUT2D eigenvalue weighted by Crippen LogP contribution is 2.11. The number of hydrogen-bond donors (Lipinski definition) is 1. The van der Waals surface area contributed by atoms with Crippen molar-refractivity contribution >= 4 is 0 Å². The summed E-state index contributed by atoms with van der Waals surface area (Å²) in [6.07, 6.45) is 1.47. The molecule has 0 aromatic carbocycles. The third kappa shape index (κ3) is 3.51. The zero-order valence-electron chi connectivity index (χ0n) is 7.45. The molecule has 0 spiro atoms. The highest BCUT2D eigenvalue weighted by Gasteiger charge is 2.21. The summed E-state index contributed by atoms with van der Waals surface area (Å²) >= 11 is 0. The summed E-state index contributed by atoms with van der Waals surface area (Å²) in [6, 6.07) is -0.447. The van der Waals surface area contributed by atoms with Crippen molar-refractivity contribution in [3.8, 4) is 0 Å². The lowest BCUT2D eigenvalue weighted by Crippen LogP contribution is -2.47. The molecule has 0 radical (unpaired) electrons. The molecule has 2 unspecified atom stereocenters. The molecule has 0 aliphatic heterocycles. The van der Waals surface area contributed by atoms with Gasteiger partial charge in [-0.25, -0.2) is 10.0 Å². The normalized spacial score (nSPS) is 19.5. The molecular formula is C8H17NO2. The molecule has 0 fully saturated rings. The van der Waals surface area contributed by atoms with Gasteiger partial charge >= 0.3 is 0 Å². The predicted molar refractivity (Wildman–Crippen MR) is 44.8 cm³/mol. The predicted octanol–water partition coefficient (Wildman–Crippen LogP) is 1.92. The van der Waals surface area contributed by atoms with Gasteiger partial charge in [0.05, 0.1) is 0 Å². The standard InChI is InChI=1S/C8H17NO2/c1-5-8(4)9(10,11)6-7(2)3/h5,7-8,10H,1,6H2,2-4H3. The Balaban J connectivity index is 4.08. The average molecular weight is 159 g/mol. The number of nitrogens with zero attached hydrogens (tertiary/aromatic N) is 1. The van der Waals surface area contributed by atoms with Gasteiger partial charge in [0.2, 0.25) is 0 Å². The van der Waals surface area contributed by atoms with Crippen molar-refractivity contribution in [2.45, 2.75) is 26.8 Å². The van der Waals surface area contributed by atoms with Crippen molar-refractivity contribution in [2.24, 2.45) is 5.92 Å².